The van der Waals surface area contributed by atoms with Crippen molar-refractivity contribution in [2.75, 3.05) is 24.6 Å². The third-order valence-electron chi connectivity index (χ3n) is 3.13. The largest absolute Gasteiger partial charge is 0.397 e. The first-order chi connectivity index (χ1) is 9.61. The Morgan fingerprint density at radius 2 is 2.25 bits per heavy atom. The van der Waals surface area contributed by atoms with Crippen molar-refractivity contribution in [3.05, 3.63) is 42.0 Å². The maximum absolute atomic E-state index is 11.6. The van der Waals surface area contributed by atoms with Crippen LogP contribution in [0, 0.1) is 0 Å². The molecule has 4 N–H and O–H groups in total. The number of rotatable bonds is 5. The van der Waals surface area contributed by atoms with Crippen LogP contribution in [0.4, 0.5) is 11.4 Å². The molecule has 0 saturated heterocycles. The van der Waals surface area contributed by atoms with E-state index in [0.29, 0.717) is 17.8 Å². The van der Waals surface area contributed by atoms with Crippen molar-refractivity contribution in [3.8, 4) is 0 Å². The van der Waals surface area contributed by atoms with Gasteiger partial charge in [0.15, 0.2) is 0 Å². The maximum Gasteiger partial charge on any atom is 0.251 e. The molecule has 2 rings (SSSR count). The second-order valence-electron chi connectivity index (χ2n) is 4.51. The van der Waals surface area contributed by atoms with E-state index in [4.69, 9.17) is 5.73 Å². The number of anilines is 2. The van der Waals surface area contributed by atoms with Crippen LogP contribution >= 0.6 is 0 Å². The zero-order valence-corrected chi connectivity index (χ0v) is 11.7. The van der Waals surface area contributed by atoms with Crippen LogP contribution in [-0.4, -0.2) is 29.1 Å². The number of hydrogen-bond acceptors (Lipinski definition) is 4. The van der Waals surface area contributed by atoms with Gasteiger partial charge in [-0.05, 0) is 18.2 Å². The van der Waals surface area contributed by atoms with Gasteiger partial charge < -0.3 is 20.9 Å². The summed E-state index contributed by atoms with van der Waals surface area (Å²) in [5, 5.41) is 5.83. The number of benzene rings is 1. The summed E-state index contributed by atoms with van der Waals surface area (Å²) in [6.45, 7) is 0.701. The lowest BCUT2D eigenvalue weighted by atomic mass is 10.1. The van der Waals surface area contributed by atoms with Crippen molar-refractivity contribution in [1.29, 1.82) is 0 Å². The number of nitrogens with one attached hydrogen (secondary N) is 2. The molecule has 0 unspecified atom stereocenters. The predicted molar refractivity (Wildman–Crippen MR) is 79.6 cm³/mol. The molecule has 0 spiro atoms. The third kappa shape index (κ3) is 3.09. The van der Waals surface area contributed by atoms with Crippen molar-refractivity contribution < 1.29 is 4.79 Å². The predicted octanol–water partition coefficient (Wildman–Crippen LogP) is 1.02. The van der Waals surface area contributed by atoms with Gasteiger partial charge in [0, 0.05) is 45.0 Å². The first-order valence-electron chi connectivity index (χ1n) is 6.43. The minimum atomic E-state index is -0.128. The van der Waals surface area contributed by atoms with Gasteiger partial charge in [0.1, 0.15) is 5.82 Å². The average Bonchev–Trinajstić information content (AvgIpc) is 2.85. The normalized spacial score (nSPS) is 10.3. The van der Waals surface area contributed by atoms with E-state index in [0.717, 1.165) is 17.9 Å². The van der Waals surface area contributed by atoms with E-state index in [1.807, 2.05) is 17.8 Å². The molecular weight excluding hydrogens is 254 g/mol. The number of nitrogens with zero attached hydrogens (tertiary/aromatic N) is 2. The fourth-order valence-corrected chi connectivity index (χ4v) is 1.94. The van der Waals surface area contributed by atoms with Crippen molar-refractivity contribution in [2.24, 2.45) is 7.05 Å². The van der Waals surface area contributed by atoms with E-state index in [-0.39, 0.29) is 5.91 Å². The molecule has 0 saturated carbocycles. The minimum Gasteiger partial charge on any atom is -0.397 e. The molecule has 1 aromatic heterocycles. The van der Waals surface area contributed by atoms with Crippen LogP contribution in [0.15, 0.2) is 30.6 Å². The van der Waals surface area contributed by atoms with E-state index in [9.17, 15) is 4.79 Å². The summed E-state index contributed by atoms with van der Waals surface area (Å²) in [4.78, 5) is 15.8. The van der Waals surface area contributed by atoms with Gasteiger partial charge in [-0.3, -0.25) is 4.79 Å². The van der Waals surface area contributed by atoms with Gasteiger partial charge in [-0.25, -0.2) is 4.98 Å². The van der Waals surface area contributed by atoms with Gasteiger partial charge in [-0.15, -0.1) is 0 Å². The highest BCUT2D eigenvalue weighted by Gasteiger charge is 2.07. The summed E-state index contributed by atoms with van der Waals surface area (Å²) in [5.41, 5.74) is 7.88. The van der Waals surface area contributed by atoms with E-state index in [2.05, 4.69) is 15.6 Å². The number of nitrogen functional groups attached to an aromatic ring is 1. The molecule has 0 fully saturated rings. The molecule has 6 nitrogen and oxygen atoms in total. The van der Waals surface area contributed by atoms with Crippen LogP contribution in [0.5, 0.6) is 0 Å². The number of carbonyl (C=O) groups excluding carboxylic acids is 1. The van der Waals surface area contributed by atoms with Gasteiger partial charge in [-0.1, -0.05) is 0 Å². The van der Waals surface area contributed by atoms with E-state index in [1.54, 1.807) is 31.4 Å². The number of hydrogen-bond donors (Lipinski definition) is 3. The highest BCUT2D eigenvalue weighted by Crippen LogP contribution is 2.20. The van der Waals surface area contributed by atoms with Crippen LogP contribution in [0.2, 0.25) is 0 Å². The molecule has 20 heavy (non-hydrogen) atoms. The van der Waals surface area contributed by atoms with Crippen molar-refractivity contribution in [2.45, 2.75) is 6.42 Å². The smallest absolute Gasteiger partial charge is 0.251 e. The lowest BCUT2D eigenvalue weighted by molar-refractivity contribution is 0.0963. The number of aromatic nitrogens is 2. The number of carbonyl (C=O) groups is 1. The second-order valence-corrected chi connectivity index (χ2v) is 4.51. The zero-order valence-electron chi connectivity index (χ0n) is 11.7. The zero-order chi connectivity index (χ0) is 14.5. The number of amides is 1. The highest BCUT2D eigenvalue weighted by molar-refractivity contribution is 5.96. The summed E-state index contributed by atoms with van der Waals surface area (Å²) in [5.74, 6) is 0.871. The Kier molecular flexibility index (Phi) is 4.24. The Morgan fingerprint density at radius 3 is 2.90 bits per heavy atom. The summed E-state index contributed by atoms with van der Waals surface area (Å²) < 4.78 is 1.98. The van der Waals surface area contributed by atoms with Gasteiger partial charge in [0.2, 0.25) is 0 Å². The molecular formula is C14H19N5O. The summed E-state index contributed by atoms with van der Waals surface area (Å²) in [7, 11) is 3.57. The monoisotopic (exact) mass is 273 g/mol. The Hall–Kier alpha value is -2.50. The van der Waals surface area contributed by atoms with Crippen molar-refractivity contribution >= 4 is 17.3 Å². The molecule has 1 amide bonds. The molecule has 0 aliphatic carbocycles. The SMILES string of the molecule is CNC(=O)c1ccc(N)c(NCCc2nccn2C)c1. The van der Waals surface area contributed by atoms with Crippen LogP contribution < -0.4 is 16.4 Å². The minimum absolute atomic E-state index is 0.128. The fourth-order valence-electron chi connectivity index (χ4n) is 1.94. The molecule has 6 heteroatoms. The fraction of sp³-hybridized carbons (Fsp3) is 0.286. The van der Waals surface area contributed by atoms with Gasteiger partial charge in [0.25, 0.3) is 5.91 Å². The lowest BCUT2D eigenvalue weighted by Gasteiger charge is -2.11. The topological polar surface area (TPSA) is 85.0 Å². The summed E-state index contributed by atoms with van der Waals surface area (Å²) >= 11 is 0. The molecule has 0 radical (unpaired) electrons. The average molecular weight is 273 g/mol. The number of aryl methyl sites for hydroxylation is 1. The van der Waals surface area contributed by atoms with Gasteiger partial charge >= 0.3 is 0 Å². The van der Waals surface area contributed by atoms with E-state index in [1.165, 1.54) is 0 Å². The maximum atomic E-state index is 11.6. The molecule has 0 bridgehead atoms. The summed E-state index contributed by atoms with van der Waals surface area (Å²) in [6, 6.07) is 5.19. The molecule has 1 heterocycles. The molecule has 106 valence electrons. The Bertz CT molecular complexity index is 605. The lowest BCUT2D eigenvalue weighted by Crippen LogP contribution is -2.18. The molecule has 2 aromatic rings. The van der Waals surface area contributed by atoms with Crippen molar-refractivity contribution in [3.63, 3.8) is 0 Å². The van der Waals surface area contributed by atoms with Crippen LogP contribution in [0.1, 0.15) is 16.2 Å². The second kappa shape index (κ2) is 6.10. The summed E-state index contributed by atoms with van der Waals surface area (Å²) in [6.07, 6.45) is 4.47. The quantitative estimate of drug-likeness (QED) is 0.710. The molecule has 0 aliphatic rings. The van der Waals surface area contributed by atoms with Crippen LogP contribution in [0.3, 0.4) is 0 Å². The molecule has 1 aromatic carbocycles. The van der Waals surface area contributed by atoms with E-state index >= 15 is 0 Å². The Balaban J connectivity index is 2.02. The Labute approximate surface area is 118 Å². The molecule has 0 aliphatic heterocycles. The number of nitrogens with two attached hydrogens (primary N) is 1. The van der Waals surface area contributed by atoms with E-state index < -0.39 is 0 Å². The Morgan fingerprint density at radius 1 is 1.45 bits per heavy atom. The molecule has 0 atom stereocenters. The van der Waals surface area contributed by atoms with Gasteiger partial charge in [-0.2, -0.15) is 0 Å². The number of imidazole rings is 1. The first kappa shape index (κ1) is 13.9. The highest BCUT2D eigenvalue weighted by atomic mass is 16.1. The standard InChI is InChI=1S/C14H19N5O/c1-16-14(20)10-3-4-11(15)12(9-10)17-6-5-13-18-7-8-19(13)2/h3-4,7-9,17H,5-6,15H2,1-2H3,(H,16,20). The van der Waals surface area contributed by atoms with Crippen LogP contribution in [0.25, 0.3) is 0 Å². The van der Waals surface area contributed by atoms with Gasteiger partial charge in [0.05, 0.1) is 11.4 Å². The van der Waals surface area contributed by atoms with Crippen LogP contribution in [-0.2, 0) is 13.5 Å². The first-order valence-corrected chi connectivity index (χ1v) is 6.43. The van der Waals surface area contributed by atoms with Crippen molar-refractivity contribution in [1.82, 2.24) is 14.9 Å². The third-order valence-corrected chi connectivity index (χ3v) is 3.13.